The van der Waals surface area contributed by atoms with Gasteiger partial charge >= 0.3 is 0 Å². The second-order valence-corrected chi connectivity index (χ2v) is 4.04. The van der Waals surface area contributed by atoms with Crippen LogP contribution in [-0.2, 0) is 7.05 Å². The van der Waals surface area contributed by atoms with Crippen molar-refractivity contribution in [2.24, 2.45) is 13.0 Å². The first-order valence-corrected chi connectivity index (χ1v) is 4.68. The number of nitrogens with zero attached hydrogens (tertiary/aromatic N) is 2. The lowest BCUT2D eigenvalue weighted by Gasteiger charge is -2.15. The van der Waals surface area contributed by atoms with Crippen LogP contribution < -0.4 is 0 Å². The summed E-state index contributed by atoms with van der Waals surface area (Å²) in [6.07, 6.45) is 1.24. The summed E-state index contributed by atoms with van der Waals surface area (Å²) in [7, 11) is 1.83. The predicted molar refractivity (Wildman–Crippen MR) is 50.7 cm³/mol. The molecule has 1 N–H and O–H groups in total. The van der Waals surface area contributed by atoms with E-state index in [0.717, 1.165) is 10.2 Å². The van der Waals surface area contributed by atoms with Gasteiger partial charge in [0.2, 0.25) is 0 Å². The number of aliphatic hydroxyl groups is 1. The minimum atomic E-state index is -0.452. The molecule has 0 amide bonds. The van der Waals surface area contributed by atoms with Gasteiger partial charge in [-0.25, -0.2) is 0 Å². The number of halogens is 1. The van der Waals surface area contributed by atoms with Crippen LogP contribution in [0.25, 0.3) is 0 Å². The zero-order valence-corrected chi connectivity index (χ0v) is 9.04. The van der Waals surface area contributed by atoms with Crippen LogP contribution in [-0.4, -0.2) is 14.9 Å². The lowest BCUT2D eigenvalue weighted by atomic mass is 10.0. The Morgan fingerprint density at radius 3 is 2.50 bits per heavy atom. The van der Waals surface area contributed by atoms with Crippen molar-refractivity contribution >= 4 is 15.9 Å². The van der Waals surface area contributed by atoms with Crippen molar-refractivity contribution < 1.29 is 5.11 Å². The highest BCUT2D eigenvalue weighted by Crippen LogP contribution is 2.27. The molecule has 0 radical (unpaired) electrons. The molecule has 1 aromatic rings. The molecular formula is C8H13BrN2O. The molecular weight excluding hydrogens is 220 g/mol. The molecule has 3 nitrogen and oxygen atoms in total. The van der Waals surface area contributed by atoms with E-state index in [9.17, 15) is 5.11 Å². The average molecular weight is 233 g/mol. The molecule has 0 spiro atoms. The van der Waals surface area contributed by atoms with Crippen LogP contribution in [0.15, 0.2) is 10.7 Å². The van der Waals surface area contributed by atoms with Gasteiger partial charge in [0, 0.05) is 7.05 Å². The van der Waals surface area contributed by atoms with Crippen molar-refractivity contribution in [1.82, 2.24) is 9.78 Å². The second-order valence-electron chi connectivity index (χ2n) is 3.19. The highest BCUT2D eigenvalue weighted by Gasteiger charge is 2.18. The highest BCUT2D eigenvalue weighted by molar-refractivity contribution is 9.10. The average Bonchev–Trinajstić information content (AvgIpc) is 2.30. The minimum absolute atomic E-state index is 0.205. The van der Waals surface area contributed by atoms with E-state index in [2.05, 4.69) is 21.0 Å². The summed E-state index contributed by atoms with van der Waals surface area (Å²) in [6.45, 7) is 3.95. The molecule has 0 aromatic carbocycles. The van der Waals surface area contributed by atoms with E-state index >= 15 is 0 Å². The molecule has 0 aliphatic carbocycles. The third-order valence-corrected chi connectivity index (χ3v) is 2.46. The molecule has 1 atom stereocenters. The number of hydrogen-bond acceptors (Lipinski definition) is 2. The van der Waals surface area contributed by atoms with Crippen molar-refractivity contribution in [3.63, 3.8) is 0 Å². The Morgan fingerprint density at radius 2 is 2.17 bits per heavy atom. The molecule has 68 valence electrons. The third-order valence-electron chi connectivity index (χ3n) is 1.85. The zero-order valence-electron chi connectivity index (χ0n) is 7.45. The second kappa shape index (κ2) is 3.58. The van der Waals surface area contributed by atoms with Crippen LogP contribution in [0, 0.1) is 5.92 Å². The van der Waals surface area contributed by atoms with E-state index in [1.807, 2.05) is 20.9 Å². The van der Waals surface area contributed by atoms with Crippen LogP contribution >= 0.6 is 15.9 Å². The van der Waals surface area contributed by atoms with E-state index < -0.39 is 6.10 Å². The monoisotopic (exact) mass is 232 g/mol. The maximum absolute atomic E-state index is 9.76. The maximum atomic E-state index is 9.76. The molecule has 1 unspecified atom stereocenters. The first-order valence-electron chi connectivity index (χ1n) is 3.89. The molecule has 1 heterocycles. The Labute approximate surface area is 80.5 Å². The summed E-state index contributed by atoms with van der Waals surface area (Å²) in [5.74, 6) is 0.205. The van der Waals surface area contributed by atoms with Gasteiger partial charge in [-0.3, -0.25) is 4.68 Å². The SMILES string of the molecule is CC(C)C(O)c1c(Br)cnn1C. The van der Waals surface area contributed by atoms with Crippen molar-refractivity contribution in [2.45, 2.75) is 20.0 Å². The summed E-state index contributed by atoms with van der Waals surface area (Å²) in [5, 5.41) is 13.8. The van der Waals surface area contributed by atoms with E-state index in [1.165, 1.54) is 0 Å². The fourth-order valence-electron chi connectivity index (χ4n) is 1.07. The van der Waals surface area contributed by atoms with Gasteiger partial charge in [-0.15, -0.1) is 0 Å². The van der Waals surface area contributed by atoms with Crippen molar-refractivity contribution in [2.75, 3.05) is 0 Å². The molecule has 1 aromatic heterocycles. The summed E-state index contributed by atoms with van der Waals surface area (Å²) in [4.78, 5) is 0. The summed E-state index contributed by atoms with van der Waals surface area (Å²) >= 11 is 3.34. The Hall–Kier alpha value is -0.350. The van der Waals surface area contributed by atoms with E-state index in [4.69, 9.17) is 0 Å². The molecule has 0 fully saturated rings. The largest absolute Gasteiger partial charge is 0.387 e. The van der Waals surface area contributed by atoms with Gasteiger partial charge in [0.15, 0.2) is 0 Å². The summed E-state index contributed by atoms with van der Waals surface area (Å²) in [5.41, 5.74) is 0.838. The third kappa shape index (κ3) is 1.69. The summed E-state index contributed by atoms with van der Waals surface area (Å²) in [6, 6.07) is 0. The first-order chi connectivity index (χ1) is 5.54. The van der Waals surface area contributed by atoms with Gasteiger partial charge < -0.3 is 5.11 Å². The van der Waals surface area contributed by atoms with Crippen LogP contribution in [0.4, 0.5) is 0 Å². The molecule has 0 saturated heterocycles. The number of aromatic nitrogens is 2. The number of aliphatic hydroxyl groups excluding tert-OH is 1. The van der Waals surface area contributed by atoms with E-state index in [1.54, 1.807) is 10.9 Å². The predicted octanol–water partition coefficient (Wildman–Crippen LogP) is 1.87. The van der Waals surface area contributed by atoms with Gasteiger partial charge in [0.05, 0.1) is 22.5 Å². The molecule has 0 aliphatic rings. The van der Waals surface area contributed by atoms with E-state index in [0.29, 0.717) is 0 Å². The van der Waals surface area contributed by atoms with Gasteiger partial charge in [-0.05, 0) is 21.8 Å². The Balaban J connectivity index is 3.00. The maximum Gasteiger partial charge on any atom is 0.0990 e. The van der Waals surface area contributed by atoms with Crippen LogP contribution in [0.5, 0.6) is 0 Å². The van der Waals surface area contributed by atoms with Gasteiger partial charge in [0.1, 0.15) is 0 Å². The smallest absolute Gasteiger partial charge is 0.0990 e. The molecule has 0 bridgehead atoms. The topological polar surface area (TPSA) is 38.1 Å². The van der Waals surface area contributed by atoms with Crippen LogP contribution in [0.3, 0.4) is 0 Å². The highest BCUT2D eigenvalue weighted by atomic mass is 79.9. The summed E-state index contributed by atoms with van der Waals surface area (Å²) < 4.78 is 2.56. The molecule has 4 heteroatoms. The lowest BCUT2D eigenvalue weighted by Crippen LogP contribution is -2.11. The Bertz CT molecular complexity index is 251. The van der Waals surface area contributed by atoms with Gasteiger partial charge in [0.25, 0.3) is 0 Å². The lowest BCUT2D eigenvalue weighted by molar-refractivity contribution is 0.117. The molecule has 1 rings (SSSR count). The van der Waals surface area contributed by atoms with Crippen molar-refractivity contribution in [3.05, 3.63) is 16.4 Å². The van der Waals surface area contributed by atoms with Gasteiger partial charge in [-0.2, -0.15) is 5.10 Å². The number of rotatable bonds is 2. The van der Waals surface area contributed by atoms with Crippen LogP contribution in [0.2, 0.25) is 0 Å². The van der Waals surface area contributed by atoms with E-state index in [-0.39, 0.29) is 5.92 Å². The fraction of sp³-hybridized carbons (Fsp3) is 0.625. The number of aryl methyl sites for hydroxylation is 1. The normalized spacial score (nSPS) is 13.8. The van der Waals surface area contributed by atoms with Crippen molar-refractivity contribution in [1.29, 1.82) is 0 Å². The first kappa shape index (κ1) is 9.74. The van der Waals surface area contributed by atoms with Gasteiger partial charge in [-0.1, -0.05) is 13.8 Å². The Kier molecular flexibility index (Phi) is 2.90. The minimum Gasteiger partial charge on any atom is -0.387 e. The quantitative estimate of drug-likeness (QED) is 0.846. The van der Waals surface area contributed by atoms with Crippen molar-refractivity contribution in [3.8, 4) is 0 Å². The molecule has 0 saturated carbocycles. The zero-order chi connectivity index (χ0) is 9.30. The fourth-order valence-corrected chi connectivity index (χ4v) is 1.65. The molecule has 0 aliphatic heterocycles. The molecule has 12 heavy (non-hydrogen) atoms. The standard InChI is InChI=1S/C8H13BrN2O/c1-5(2)8(12)7-6(9)4-10-11(7)3/h4-5,8,12H,1-3H3. The number of hydrogen-bond donors (Lipinski definition) is 1. The Morgan fingerprint density at radius 1 is 1.58 bits per heavy atom. The van der Waals surface area contributed by atoms with Crippen LogP contribution in [0.1, 0.15) is 25.6 Å².